The molecule has 0 N–H and O–H groups in total. The highest BCUT2D eigenvalue weighted by molar-refractivity contribution is 6.33. The molecule has 6 nitrogen and oxygen atoms in total. The Morgan fingerprint density at radius 3 is 2.59 bits per heavy atom. The molecule has 0 aliphatic rings. The second-order valence-electron chi connectivity index (χ2n) is 5.61. The minimum Gasteiger partial charge on any atom is -0.472 e. The molecule has 0 unspecified atom stereocenters. The molecule has 0 bridgehead atoms. The van der Waals surface area contributed by atoms with Crippen LogP contribution in [0.1, 0.15) is 18.1 Å². The third-order valence-electron chi connectivity index (χ3n) is 3.87. The van der Waals surface area contributed by atoms with Gasteiger partial charge in [0, 0.05) is 24.8 Å². The number of furan rings is 1. The summed E-state index contributed by atoms with van der Waals surface area (Å²) in [6.45, 7) is 2.89. The van der Waals surface area contributed by atoms with E-state index in [9.17, 15) is 18.0 Å². The number of pyridine rings is 1. The predicted octanol–water partition coefficient (Wildman–Crippen LogP) is 3.92. The van der Waals surface area contributed by atoms with E-state index in [4.69, 9.17) is 16.0 Å². The SMILES string of the molecule is CCN(Cc1ccoc1)c1cnn(-c2ccc(C(F)(F)F)cn2)c(=O)c1Cl. The van der Waals surface area contributed by atoms with Gasteiger partial charge in [0.25, 0.3) is 5.56 Å². The molecule has 0 radical (unpaired) electrons. The molecule has 0 atom stereocenters. The van der Waals surface area contributed by atoms with Crippen LogP contribution in [0.5, 0.6) is 0 Å². The molecule has 3 rings (SSSR count). The lowest BCUT2D eigenvalue weighted by Crippen LogP contribution is -2.28. The summed E-state index contributed by atoms with van der Waals surface area (Å²) in [7, 11) is 0. The average molecular weight is 399 g/mol. The fraction of sp³-hybridized carbons (Fsp3) is 0.235. The number of hydrogen-bond acceptors (Lipinski definition) is 5. The van der Waals surface area contributed by atoms with E-state index in [2.05, 4.69) is 10.1 Å². The molecule has 0 aromatic carbocycles. The van der Waals surface area contributed by atoms with Gasteiger partial charge in [0.2, 0.25) is 0 Å². The maximum absolute atomic E-state index is 12.6. The predicted molar refractivity (Wildman–Crippen MR) is 93.1 cm³/mol. The highest BCUT2D eigenvalue weighted by Crippen LogP contribution is 2.29. The van der Waals surface area contributed by atoms with Crippen molar-refractivity contribution in [2.24, 2.45) is 0 Å². The molecule has 0 amide bonds. The lowest BCUT2D eigenvalue weighted by atomic mass is 10.2. The van der Waals surface area contributed by atoms with Crippen LogP contribution in [-0.2, 0) is 12.7 Å². The van der Waals surface area contributed by atoms with Crippen molar-refractivity contribution in [1.29, 1.82) is 0 Å². The molecule has 0 aliphatic carbocycles. The quantitative estimate of drug-likeness (QED) is 0.651. The van der Waals surface area contributed by atoms with Gasteiger partial charge in [0.15, 0.2) is 5.82 Å². The van der Waals surface area contributed by atoms with E-state index >= 15 is 0 Å². The van der Waals surface area contributed by atoms with Crippen molar-refractivity contribution in [1.82, 2.24) is 14.8 Å². The van der Waals surface area contributed by atoms with E-state index in [0.29, 0.717) is 25.0 Å². The lowest BCUT2D eigenvalue weighted by Gasteiger charge is -2.23. The minimum absolute atomic E-state index is 0.0562. The van der Waals surface area contributed by atoms with E-state index < -0.39 is 17.3 Å². The summed E-state index contributed by atoms with van der Waals surface area (Å²) in [6, 6.07) is 3.68. The number of alkyl halides is 3. The number of aromatic nitrogens is 3. The number of hydrogen-bond donors (Lipinski definition) is 0. The van der Waals surface area contributed by atoms with Crippen LogP contribution in [0.25, 0.3) is 5.82 Å². The van der Waals surface area contributed by atoms with Crippen molar-refractivity contribution in [2.75, 3.05) is 11.4 Å². The van der Waals surface area contributed by atoms with E-state index in [1.54, 1.807) is 12.3 Å². The molecule has 0 spiro atoms. The smallest absolute Gasteiger partial charge is 0.417 e. The van der Waals surface area contributed by atoms with Crippen molar-refractivity contribution in [3.63, 3.8) is 0 Å². The zero-order valence-corrected chi connectivity index (χ0v) is 14.8. The Labute approximate surface area is 156 Å². The number of rotatable bonds is 5. The van der Waals surface area contributed by atoms with E-state index in [0.717, 1.165) is 22.4 Å². The van der Waals surface area contributed by atoms with E-state index in [1.807, 2.05) is 11.8 Å². The van der Waals surface area contributed by atoms with Crippen molar-refractivity contribution in [3.8, 4) is 5.82 Å². The molecular weight excluding hydrogens is 385 g/mol. The van der Waals surface area contributed by atoms with Gasteiger partial charge in [-0.3, -0.25) is 4.79 Å². The number of nitrogens with zero attached hydrogens (tertiary/aromatic N) is 4. The highest BCUT2D eigenvalue weighted by Gasteiger charge is 2.30. The molecule has 142 valence electrons. The molecule has 3 heterocycles. The van der Waals surface area contributed by atoms with Gasteiger partial charge in [0.05, 0.1) is 30.0 Å². The first kappa shape index (κ1) is 19.0. The summed E-state index contributed by atoms with van der Waals surface area (Å²) in [5, 5.41) is 3.91. The topological polar surface area (TPSA) is 64.2 Å². The molecule has 0 saturated heterocycles. The van der Waals surface area contributed by atoms with Crippen LogP contribution in [0.15, 0.2) is 52.3 Å². The Kier molecular flexibility index (Phi) is 5.22. The third-order valence-corrected chi connectivity index (χ3v) is 4.22. The van der Waals surface area contributed by atoms with Crippen LogP contribution < -0.4 is 10.5 Å². The van der Waals surface area contributed by atoms with Gasteiger partial charge in [0.1, 0.15) is 5.02 Å². The first-order valence-electron chi connectivity index (χ1n) is 7.88. The summed E-state index contributed by atoms with van der Waals surface area (Å²) >= 11 is 6.22. The van der Waals surface area contributed by atoms with Gasteiger partial charge >= 0.3 is 6.18 Å². The Hall–Kier alpha value is -2.81. The minimum atomic E-state index is -4.51. The van der Waals surface area contributed by atoms with Crippen LogP contribution in [0.3, 0.4) is 0 Å². The monoisotopic (exact) mass is 398 g/mol. The number of halogens is 4. The standard InChI is InChI=1S/C17H14ClF3N4O2/c1-2-24(9-11-5-6-27-10-11)13-8-23-25(16(26)15(13)18)14-4-3-12(7-22-14)17(19,20)21/h3-8,10H,2,9H2,1H3. The molecule has 0 saturated carbocycles. The Morgan fingerprint density at radius 2 is 2.04 bits per heavy atom. The second-order valence-corrected chi connectivity index (χ2v) is 5.99. The van der Waals surface area contributed by atoms with Gasteiger partial charge in [-0.1, -0.05) is 11.6 Å². The van der Waals surface area contributed by atoms with Crippen LogP contribution in [0.4, 0.5) is 18.9 Å². The first-order valence-corrected chi connectivity index (χ1v) is 8.26. The molecule has 27 heavy (non-hydrogen) atoms. The molecule has 10 heteroatoms. The highest BCUT2D eigenvalue weighted by atomic mass is 35.5. The summed E-state index contributed by atoms with van der Waals surface area (Å²) < 4.78 is 43.8. The van der Waals surface area contributed by atoms with Crippen LogP contribution in [-0.4, -0.2) is 21.3 Å². The largest absolute Gasteiger partial charge is 0.472 e. The van der Waals surface area contributed by atoms with E-state index in [1.165, 1.54) is 12.5 Å². The van der Waals surface area contributed by atoms with Gasteiger partial charge < -0.3 is 9.32 Å². The van der Waals surface area contributed by atoms with Gasteiger partial charge in [-0.25, -0.2) is 4.98 Å². The zero-order valence-electron chi connectivity index (χ0n) is 14.1. The summed E-state index contributed by atoms with van der Waals surface area (Å²) in [5.41, 5.74) is -0.290. The summed E-state index contributed by atoms with van der Waals surface area (Å²) in [5.74, 6) is -0.0562. The van der Waals surface area contributed by atoms with Crippen molar-refractivity contribution in [2.45, 2.75) is 19.6 Å². The third kappa shape index (κ3) is 3.97. The Morgan fingerprint density at radius 1 is 1.26 bits per heavy atom. The van der Waals surface area contributed by atoms with Gasteiger partial charge in [-0.05, 0) is 25.1 Å². The first-order chi connectivity index (χ1) is 12.8. The molecule has 0 fully saturated rings. The lowest BCUT2D eigenvalue weighted by molar-refractivity contribution is -0.137. The van der Waals surface area contributed by atoms with Gasteiger partial charge in [-0.15, -0.1) is 0 Å². The van der Waals surface area contributed by atoms with Gasteiger partial charge in [-0.2, -0.15) is 23.0 Å². The van der Waals surface area contributed by atoms with Crippen LogP contribution >= 0.6 is 11.6 Å². The van der Waals surface area contributed by atoms with Crippen molar-refractivity contribution >= 4 is 17.3 Å². The van der Waals surface area contributed by atoms with Crippen LogP contribution in [0.2, 0.25) is 5.02 Å². The van der Waals surface area contributed by atoms with Crippen molar-refractivity contribution < 1.29 is 17.6 Å². The summed E-state index contributed by atoms with van der Waals surface area (Å²) in [4.78, 5) is 18.0. The average Bonchev–Trinajstić information content (AvgIpc) is 3.15. The zero-order chi connectivity index (χ0) is 19.6. The molecule has 3 aromatic rings. The normalized spacial score (nSPS) is 11.6. The fourth-order valence-electron chi connectivity index (χ4n) is 2.46. The second kappa shape index (κ2) is 7.43. The summed E-state index contributed by atoms with van der Waals surface area (Å²) in [6.07, 6.45) is 0.629. The molecule has 0 aliphatic heterocycles. The molecule has 3 aromatic heterocycles. The van der Waals surface area contributed by atoms with Crippen LogP contribution in [0, 0.1) is 0 Å². The Bertz CT molecular complexity index is 969. The number of anilines is 1. The maximum Gasteiger partial charge on any atom is 0.417 e. The molecular formula is C17H14ClF3N4O2. The van der Waals surface area contributed by atoms with Crippen molar-refractivity contribution in [3.05, 3.63) is 69.6 Å². The Balaban J connectivity index is 1.94. The van der Waals surface area contributed by atoms with E-state index in [-0.39, 0.29) is 10.8 Å². The fourth-order valence-corrected chi connectivity index (χ4v) is 2.71. The maximum atomic E-state index is 12.6.